The lowest BCUT2D eigenvalue weighted by Gasteiger charge is -2.25. The van der Waals surface area contributed by atoms with E-state index >= 15 is 0 Å². The first kappa shape index (κ1) is 14.2. The van der Waals surface area contributed by atoms with E-state index in [4.69, 9.17) is 10.9 Å². The van der Waals surface area contributed by atoms with Gasteiger partial charge in [0, 0.05) is 6.20 Å². The van der Waals surface area contributed by atoms with Crippen LogP contribution in [0.25, 0.3) is 0 Å². The summed E-state index contributed by atoms with van der Waals surface area (Å²) in [6.45, 7) is 2.10. The van der Waals surface area contributed by atoms with Gasteiger partial charge in [-0.3, -0.25) is 4.79 Å². The largest absolute Gasteiger partial charge is 0.409 e. The van der Waals surface area contributed by atoms with E-state index in [1.165, 1.54) is 0 Å². The van der Waals surface area contributed by atoms with Crippen LogP contribution in [0.4, 0.5) is 0 Å². The maximum atomic E-state index is 12.4. The monoisotopic (exact) mass is 277 g/mol. The van der Waals surface area contributed by atoms with Crippen molar-refractivity contribution in [2.75, 3.05) is 0 Å². The number of aromatic nitrogens is 2. The molecular formula is C13H19N5O2. The van der Waals surface area contributed by atoms with Crippen molar-refractivity contribution in [3.63, 3.8) is 0 Å². The fourth-order valence-corrected chi connectivity index (χ4v) is 2.62. The Morgan fingerprint density at radius 3 is 2.85 bits per heavy atom. The Bertz CT molecular complexity index is 523. The molecule has 7 heteroatoms. The molecule has 108 valence electrons. The molecule has 1 aromatic heterocycles. The predicted molar refractivity (Wildman–Crippen MR) is 72.9 cm³/mol. The second-order valence-corrected chi connectivity index (χ2v) is 5.05. The summed E-state index contributed by atoms with van der Waals surface area (Å²) >= 11 is 0. The summed E-state index contributed by atoms with van der Waals surface area (Å²) in [5.74, 6) is 0.441. The number of nitrogens with two attached hydrogens (primary N) is 1. The summed E-state index contributed by atoms with van der Waals surface area (Å²) in [5, 5.41) is 14.8. The Labute approximate surface area is 117 Å². The summed E-state index contributed by atoms with van der Waals surface area (Å²) < 4.78 is 0. The van der Waals surface area contributed by atoms with E-state index < -0.39 is 5.41 Å². The highest BCUT2D eigenvalue weighted by molar-refractivity contribution is 6.06. The highest BCUT2D eigenvalue weighted by Crippen LogP contribution is 2.38. The Hall–Kier alpha value is -2.18. The minimum absolute atomic E-state index is 0.00799. The number of amidine groups is 1. The Morgan fingerprint density at radius 1 is 1.55 bits per heavy atom. The average molecular weight is 277 g/mol. The van der Waals surface area contributed by atoms with Gasteiger partial charge in [0.15, 0.2) is 5.84 Å². The maximum absolute atomic E-state index is 12.4. The first-order valence-electron chi connectivity index (χ1n) is 6.63. The number of aryl methyl sites for hydroxylation is 1. The molecule has 1 saturated carbocycles. The normalized spacial score (nSPS) is 17.9. The molecular weight excluding hydrogens is 258 g/mol. The molecule has 2 rings (SSSR count). The number of rotatable bonds is 4. The van der Waals surface area contributed by atoms with Gasteiger partial charge < -0.3 is 16.3 Å². The van der Waals surface area contributed by atoms with Crippen LogP contribution in [0.1, 0.15) is 37.2 Å². The first-order valence-corrected chi connectivity index (χ1v) is 6.63. The van der Waals surface area contributed by atoms with Crippen molar-refractivity contribution in [3.8, 4) is 0 Å². The SMILES string of the molecule is Cc1nccc(CNC(=O)C2(C(N)=NO)CCCC2)n1. The lowest BCUT2D eigenvalue weighted by molar-refractivity contribution is -0.127. The van der Waals surface area contributed by atoms with Crippen molar-refractivity contribution in [1.29, 1.82) is 0 Å². The van der Waals surface area contributed by atoms with Crippen molar-refractivity contribution in [3.05, 3.63) is 23.8 Å². The lowest BCUT2D eigenvalue weighted by atomic mass is 9.84. The Kier molecular flexibility index (Phi) is 4.16. The van der Waals surface area contributed by atoms with Gasteiger partial charge in [0.2, 0.25) is 5.91 Å². The quantitative estimate of drug-likeness (QED) is 0.324. The molecule has 1 fully saturated rings. The van der Waals surface area contributed by atoms with Crippen LogP contribution in [-0.2, 0) is 11.3 Å². The second-order valence-electron chi connectivity index (χ2n) is 5.05. The molecule has 1 aromatic rings. The molecule has 0 aromatic carbocycles. The van der Waals surface area contributed by atoms with Gasteiger partial charge in [-0.05, 0) is 25.8 Å². The zero-order valence-corrected chi connectivity index (χ0v) is 11.5. The summed E-state index contributed by atoms with van der Waals surface area (Å²) in [5.41, 5.74) is 5.58. The molecule has 1 heterocycles. The maximum Gasteiger partial charge on any atom is 0.234 e. The molecule has 0 aliphatic heterocycles. The van der Waals surface area contributed by atoms with E-state index in [1.807, 2.05) is 0 Å². The van der Waals surface area contributed by atoms with Crippen LogP contribution in [0, 0.1) is 12.3 Å². The van der Waals surface area contributed by atoms with E-state index in [0.29, 0.717) is 25.2 Å². The number of hydrogen-bond donors (Lipinski definition) is 3. The number of hydrogen-bond acceptors (Lipinski definition) is 5. The van der Waals surface area contributed by atoms with Crippen LogP contribution >= 0.6 is 0 Å². The summed E-state index contributed by atoms with van der Waals surface area (Å²) in [6, 6.07) is 1.75. The molecule has 0 bridgehead atoms. The van der Waals surface area contributed by atoms with Crippen LogP contribution in [0.2, 0.25) is 0 Å². The van der Waals surface area contributed by atoms with Gasteiger partial charge in [-0.1, -0.05) is 18.0 Å². The van der Waals surface area contributed by atoms with Crippen molar-refractivity contribution in [2.24, 2.45) is 16.3 Å². The number of carbonyl (C=O) groups excluding carboxylic acids is 1. The molecule has 1 aliphatic rings. The molecule has 1 aliphatic carbocycles. The lowest BCUT2D eigenvalue weighted by Crippen LogP contribution is -2.48. The Balaban J connectivity index is 2.07. The van der Waals surface area contributed by atoms with E-state index in [1.54, 1.807) is 19.2 Å². The number of amides is 1. The van der Waals surface area contributed by atoms with Crippen molar-refractivity contribution in [1.82, 2.24) is 15.3 Å². The molecule has 0 spiro atoms. The second kappa shape index (κ2) is 5.85. The zero-order valence-electron chi connectivity index (χ0n) is 11.5. The number of nitrogens with zero attached hydrogens (tertiary/aromatic N) is 3. The molecule has 1 amide bonds. The minimum atomic E-state index is -0.878. The zero-order chi connectivity index (χ0) is 14.6. The van der Waals surface area contributed by atoms with Crippen LogP contribution in [-0.4, -0.2) is 26.9 Å². The standard InChI is InChI=1S/C13H19N5O2/c1-9-15-7-4-10(17-9)8-16-12(19)13(11(14)18-20)5-2-3-6-13/h4,7,20H,2-3,5-6,8H2,1H3,(H2,14,18)(H,16,19). The van der Waals surface area contributed by atoms with Gasteiger partial charge in [-0.25, -0.2) is 9.97 Å². The highest BCUT2D eigenvalue weighted by Gasteiger charge is 2.45. The van der Waals surface area contributed by atoms with Gasteiger partial charge >= 0.3 is 0 Å². The molecule has 0 radical (unpaired) electrons. The van der Waals surface area contributed by atoms with Crippen LogP contribution in [0.15, 0.2) is 17.4 Å². The summed E-state index contributed by atoms with van der Waals surface area (Å²) in [7, 11) is 0. The van der Waals surface area contributed by atoms with Crippen molar-refractivity contribution in [2.45, 2.75) is 39.2 Å². The molecule has 7 nitrogen and oxygen atoms in total. The van der Waals surface area contributed by atoms with Crippen LogP contribution < -0.4 is 11.1 Å². The fraction of sp³-hybridized carbons (Fsp3) is 0.538. The van der Waals surface area contributed by atoms with Gasteiger partial charge in [-0.2, -0.15) is 0 Å². The van der Waals surface area contributed by atoms with Gasteiger partial charge in [-0.15, -0.1) is 0 Å². The molecule has 20 heavy (non-hydrogen) atoms. The topological polar surface area (TPSA) is 113 Å². The van der Waals surface area contributed by atoms with Gasteiger partial charge in [0.25, 0.3) is 0 Å². The van der Waals surface area contributed by atoms with Crippen LogP contribution in [0.5, 0.6) is 0 Å². The van der Waals surface area contributed by atoms with Gasteiger partial charge in [0.1, 0.15) is 11.2 Å². The highest BCUT2D eigenvalue weighted by atomic mass is 16.4. The minimum Gasteiger partial charge on any atom is -0.409 e. The Morgan fingerprint density at radius 2 is 2.25 bits per heavy atom. The average Bonchev–Trinajstić information content (AvgIpc) is 2.95. The van der Waals surface area contributed by atoms with E-state index in [9.17, 15) is 4.79 Å². The van der Waals surface area contributed by atoms with E-state index in [2.05, 4.69) is 20.4 Å². The van der Waals surface area contributed by atoms with Crippen molar-refractivity contribution < 1.29 is 10.0 Å². The first-order chi connectivity index (χ1) is 9.58. The molecule has 0 unspecified atom stereocenters. The third-order valence-electron chi connectivity index (χ3n) is 3.75. The van der Waals surface area contributed by atoms with Gasteiger partial charge in [0.05, 0.1) is 12.2 Å². The summed E-state index contributed by atoms with van der Waals surface area (Å²) in [4.78, 5) is 20.6. The molecule has 4 N–H and O–H groups in total. The fourth-order valence-electron chi connectivity index (χ4n) is 2.62. The predicted octanol–water partition coefficient (Wildman–Crippen LogP) is 0.708. The van der Waals surface area contributed by atoms with E-state index in [-0.39, 0.29) is 11.7 Å². The number of nitrogens with one attached hydrogen (secondary N) is 1. The van der Waals surface area contributed by atoms with Crippen molar-refractivity contribution >= 4 is 11.7 Å². The molecule has 0 saturated heterocycles. The third kappa shape index (κ3) is 2.71. The third-order valence-corrected chi connectivity index (χ3v) is 3.75. The van der Waals surface area contributed by atoms with Crippen LogP contribution in [0.3, 0.4) is 0 Å². The number of oxime groups is 1. The van der Waals surface area contributed by atoms with E-state index in [0.717, 1.165) is 18.5 Å². The number of carbonyl (C=O) groups is 1. The molecule has 0 atom stereocenters. The smallest absolute Gasteiger partial charge is 0.234 e. The summed E-state index contributed by atoms with van der Waals surface area (Å²) in [6.07, 6.45) is 4.67.